The molecule has 1 fully saturated rings. The summed E-state index contributed by atoms with van der Waals surface area (Å²) in [6.45, 7) is 6.84. The van der Waals surface area contributed by atoms with Gasteiger partial charge in [-0.1, -0.05) is 24.3 Å². The molecule has 2 heterocycles. The van der Waals surface area contributed by atoms with Crippen molar-refractivity contribution < 1.29 is 13.9 Å². The Morgan fingerprint density at radius 3 is 2.62 bits per heavy atom. The van der Waals surface area contributed by atoms with Gasteiger partial charge in [-0.3, -0.25) is 19.1 Å². The normalized spacial score (nSPS) is 19.2. The van der Waals surface area contributed by atoms with Crippen LogP contribution in [0.2, 0.25) is 0 Å². The van der Waals surface area contributed by atoms with Gasteiger partial charge in [0.15, 0.2) is 0 Å². The highest BCUT2D eigenvalue weighted by Crippen LogP contribution is 2.17. The van der Waals surface area contributed by atoms with Gasteiger partial charge >= 0.3 is 0 Å². The number of morpholine rings is 1. The minimum Gasteiger partial charge on any atom is -0.373 e. The first-order valence-corrected chi connectivity index (χ1v) is 10.7. The number of carbonyl (C=O) groups excluding carboxylic acids is 1. The SMILES string of the molecule is CC1CN(Cc2ccccc2CNC(=O)Cn2cnc3ccc(F)cc3c2=O)CC(C)O1. The van der Waals surface area contributed by atoms with E-state index in [2.05, 4.69) is 35.1 Å². The summed E-state index contributed by atoms with van der Waals surface area (Å²) < 4.78 is 20.5. The van der Waals surface area contributed by atoms with Crippen LogP contribution in [0.5, 0.6) is 0 Å². The zero-order valence-corrected chi connectivity index (χ0v) is 18.3. The van der Waals surface area contributed by atoms with Crippen LogP contribution in [-0.4, -0.2) is 45.7 Å². The lowest BCUT2D eigenvalue weighted by Gasteiger charge is -2.35. The van der Waals surface area contributed by atoms with E-state index in [-0.39, 0.29) is 30.0 Å². The highest BCUT2D eigenvalue weighted by Gasteiger charge is 2.22. The fraction of sp³-hybridized carbons (Fsp3) is 0.375. The smallest absolute Gasteiger partial charge is 0.261 e. The maximum absolute atomic E-state index is 13.5. The van der Waals surface area contributed by atoms with Crippen molar-refractivity contribution in [3.63, 3.8) is 0 Å². The van der Waals surface area contributed by atoms with Crippen LogP contribution in [0.3, 0.4) is 0 Å². The molecule has 168 valence electrons. The van der Waals surface area contributed by atoms with E-state index in [9.17, 15) is 14.0 Å². The third kappa shape index (κ3) is 5.20. The number of fused-ring (bicyclic) bond motifs is 1. The second-order valence-electron chi connectivity index (χ2n) is 8.34. The highest BCUT2D eigenvalue weighted by atomic mass is 19.1. The fourth-order valence-corrected chi connectivity index (χ4v) is 4.19. The molecule has 32 heavy (non-hydrogen) atoms. The molecule has 1 amide bonds. The number of nitrogens with zero attached hydrogens (tertiary/aromatic N) is 3. The quantitative estimate of drug-likeness (QED) is 0.640. The van der Waals surface area contributed by atoms with Crippen LogP contribution in [0, 0.1) is 5.82 Å². The van der Waals surface area contributed by atoms with E-state index in [4.69, 9.17) is 4.74 Å². The first kappa shape index (κ1) is 22.1. The van der Waals surface area contributed by atoms with E-state index >= 15 is 0 Å². The third-order valence-corrected chi connectivity index (χ3v) is 5.58. The van der Waals surface area contributed by atoms with Gasteiger partial charge in [-0.2, -0.15) is 0 Å². The topological polar surface area (TPSA) is 76.5 Å². The molecule has 0 saturated carbocycles. The molecule has 7 nitrogen and oxygen atoms in total. The van der Waals surface area contributed by atoms with Crippen molar-refractivity contribution >= 4 is 16.8 Å². The van der Waals surface area contributed by atoms with Crippen LogP contribution in [0.15, 0.2) is 53.6 Å². The Labute approximate surface area is 185 Å². The minimum absolute atomic E-state index is 0.152. The van der Waals surface area contributed by atoms with Gasteiger partial charge in [0.05, 0.1) is 29.4 Å². The molecule has 2 atom stereocenters. The minimum atomic E-state index is -0.515. The first-order chi connectivity index (χ1) is 15.4. The zero-order chi connectivity index (χ0) is 22.7. The predicted molar refractivity (Wildman–Crippen MR) is 120 cm³/mol. The van der Waals surface area contributed by atoms with Crippen LogP contribution >= 0.6 is 0 Å². The molecule has 1 aromatic heterocycles. The van der Waals surface area contributed by atoms with Gasteiger partial charge in [0, 0.05) is 26.2 Å². The summed E-state index contributed by atoms with van der Waals surface area (Å²) in [5.41, 5.74) is 2.13. The number of benzene rings is 2. The summed E-state index contributed by atoms with van der Waals surface area (Å²) in [7, 11) is 0. The summed E-state index contributed by atoms with van der Waals surface area (Å²) in [5.74, 6) is -0.827. The Morgan fingerprint density at radius 2 is 1.88 bits per heavy atom. The van der Waals surface area contributed by atoms with Crippen LogP contribution in [-0.2, 0) is 29.2 Å². The molecule has 1 aliphatic heterocycles. The number of nitrogens with one attached hydrogen (secondary N) is 1. The molecule has 0 bridgehead atoms. The Bertz CT molecular complexity index is 1170. The van der Waals surface area contributed by atoms with Gasteiger partial charge in [-0.25, -0.2) is 9.37 Å². The lowest BCUT2D eigenvalue weighted by Crippen LogP contribution is -2.45. The molecular weight excluding hydrogens is 411 g/mol. The molecule has 4 rings (SSSR count). The Kier molecular flexibility index (Phi) is 6.62. The van der Waals surface area contributed by atoms with Gasteiger partial charge in [0.1, 0.15) is 12.4 Å². The second kappa shape index (κ2) is 9.58. The molecule has 0 aliphatic carbocycles. The van der Waals surface area contributed by atoms with E-state index in [0.717, 1.165) is 36.8 Å². The molecule has 1 N–H and O–H groups in total. The van der Waals surface area contributed by atoms with Gasteiger partial charge < -0.3 is 10.1 Å². The number of halogens is 1. The van der Waals surface area contributed by atoms with Crippen LogP contribution in [0.4, 0.5) is 4.39 Å². The van der Waals surface area contributed by atoms with Crippen LogP contribution < -0.4 is 10.9 Å². The lowest BCUT2D eigenvalue weighted by atomic mass is 10.1. The molecule has 0 spiro atoms. The van der Waals surface area contributed by atoms with Crippen molar-refractivity contribution in [1.82, 2.24) is 19.8 Å². The highest BCUT2D eigenvalue weighted by molar-refractivity contribution is 5.79. The second-order valence-corrected chi connectivity index (χ2v) is 8.34. The number of ether oxygens (including phenoxy) is 1. The van der Waals surface area contributed by atoms with E-state index in [1.807, 2.05) is 18.2 Å². The number of rotatable bonds is 6. The van der Waals surface area contributed by atoms with Crippen molar-refractivity contribution in [2.45, 2.75) is 45.7 Å². The monoisotopic (exact) mass is 438 g/mol. The molecular formula is C24H27FN4O3. The molecule has 8 heteroatoms. The van der Waals surface area contributed by atoms with Crippen molar-refractivity contribution in [3.05, 3.63) is 76.1 Å². The molecule has 1 aliphatic rings. The standard InChI is InChI=1S/C24H27FN4O3/c1-16-11-28(12-17(2)32-16)13-19-6-4-3-5-18(19)10-26-23(30)14-29-15-27-22-8-7-20(25)9-21(22)24(29)31/h3-9,15-17H,10-14H2,1-2H3,(H,26,30). The maximum atomic E-state index is 13.5. The van der Waals surface area contributed by atoms with Crippen LogP contribution in [0.25, 0.3) is 10.9 Å². The number of amides is 1. The number of carbonyl (C=O) groups is 1. The molecule has 3 aromatic rings. The number of hydrogen-bond acceptors (Lipinski definition) is 5. The maximum Gasteiger partial charge on any atom is 0.261 e. The number of aromatic nitrogens is 2. The average molecular weight is 439 g/mol. The lowest BCUT2D eigenvalue weighted by molar-refractivity contribution is -0.121. The van der Waals surface area contributed by atoms with E-state index in [1.165, 1.54) is 23.0 Å². The summed E-state index contributed by atoms with van der Waals surface area (Å²) >= 11 is 0. The largest absolute Gasteiger partial charge is 0.373 e. The van der Waals surface area contributed by atoms with Crippen molar-refractivity contribution in [1.29, 1.82) is 0 Å². The van der Waals surface area contributed by atoms with E-state index in [0.29, 0.717) is 12.1 Å². The van der Waals surface area contributed by atoms with Gasteiger partial charge in [0.2, 0.25) is 5.91 Å². The van der Waals surface area contributed by atoms with E-state index < -0.39 is 11.4 Å². The van der Waals surface area contributed by atoms with Crippen molar-refractivity contribution in [3.8, 4) is 0 Å². The Morgan fingerprint density at radius 1 is 1.16 bits per heavy atom. The zero-order valence-electron chi connectivity index (χ0n) is 18.3. The van der Waals surface area contributed by atoms with Crippen LogP contribution in [0.1, 0.15) is 25.0 Å². The summed E-state index contributed by atoms with van der Waals surface area (Å²) in [6, 6.07) is 11.8. The summed E-state index contributed by atoms with van der Waals surface area (Å²) in [4.78, 5) is 31.6. The molecule has 0 radical (unpaired) electrons. The average Bonchev–Trinajstić information content (AvgIpc) is 2.75. The van der Waals surface area contributed by atoms with E-state index in [1.54, 1.807) is 0 Å². The first-order valence-electron chi connectivity index (χ1n) is 10.7. The molecule has 1 saturated heterocycles. The van der Waals surface area contributed by atoms with Crippen molar-refractivity contribution in [2.75, 3.05) is 13.1 Å². The van der Waals surface area contributed by atoms with Gasteiger partial charge in [0.25, 0.3) is 5.56 Å². The third-order valence-electron chi connectivity index (χ3n) is 5.58. The Balaban J connectivity index is 1.41. The molecule has 2 unspecified atom stereocenters. The van der Waals surface area contributed by atoms with Gasteiger partial charge in [-0.15, -0.1) is 0 Å². The molecule has 2 aromatic carbocycles. The fourth-order valence-electron chi connectivity index (χ4n) is 4.19. The van der Waals surface area contributed by atoms with Crippen molar-refractivity contribution in [2.24, 2.45) is 0 Å². The summed E-state index contributed by atoms with van der Waals surface area (Å²) in [6.07, 6.45) is 1.69. The predicted octanol–water partition coefficient (Wildman–Crippen LogP) is 2.46. The number of hydrogen-bond donors (Lipinski definition) is 1. The Hall–Kier alpha value is -3.10. The van der Waals surface area contributed by atoms with Gasteiger partial charge in [-0.05, 0) is 43.2 Å². The summed E-state index contributed by atoms with van der Waals surface area (Å²) in [5, 5.41) is 3.04.